The number of alkyl halides is 3. The van der Waals surface area contributed by atoms with E-state index in [1.165, 1.54) is 0 Å². The zero-order valence-electron chi connectivity index (χ0n) is 6.44. The van der Waals surface area contributed by atoms with Gasteiger partial charge in [0.1, 0.15) is 6.54 Å². The van der Waals surface area contributed by atoms with Crippen molar-refractivity contribution < 1.29 is 18.0 Å². The summed E-state index contributed by atoms with van der Waals surface area (Å²) in [5.74, 6) is -1.07. The number of amides is 1. The molecule has 0 radical (unpaired) electrons. The lowest BCUT2D eigenvalue weighted by atomic mass is 10.6. The summed E-state index contributed by atoms with van der Waals surface area (Å²) < 4.78 is 34.6. The van der Waals surface area contributed by atoms with Gasteiger partial charge in [0, 0.05) is 0 Å². The molecule has 76 valence electrons. The molecular formula is C5H8F3N3OS. The van der Waals surface area contributed by atoms with E-state index in [0.717, 1.165) is 0 Å². The van der Waals surface area contributed by atoms with Crippen LogP contribution in [0.3, 0.4) is 0 Å². The molecule has 0 aliphatic carbocycles. The maximum Gasteiger partial charge on any atom is 0.405 e. The Morgan fingerprint density at radius 3 is 2.46 bits per heavy atom. The predicted octanol–water partition coefficient (Wildman–Crippen LogP) is 0.292. The Labute approximate surface area is 76.6 Å². The summed E-state index contributed by atoms with van der Waals surface area (Å²) in [4.78, 5) is 10.6. The number of thioether (sulfide) groups is 1. The Kier molecular flexibility index (Phi) is 4.60. The fraction of sp³-hybridized carbons (Fsp3) is 0.600. The highest BCUT2D eigenvalue weighted by atomic mass is 32.2. The van der Waals surface area contributed by atoms with E-state index in [9.17, 15) is 18.0 Å². The van der Waals surface area contributed by atoms with Crippen molar-refractivity contribution in [2.24, 2.45) is 5.73 Å². The van der Waals surface area contributed by atoms with Gasteiger partial charge in [0.2, 0.25) is 5.91 Å². The minimum Gasteiger partial charge on any atom is -0.379 e. The first-order valence-electron chi connectivity index (χ1n) is 3.11. The molecule has 1 amide bonds. The van der Waals surface area contributed by atoms with E-state index in [-0.39, 0.29) is 10.9 Å². The van der Waals surface area contributed by atoms with Gasteiger partial charge in [0.25, 0.3) is 0 Å². The Balaban J connectivity index is 3.58. The first kappa shape index (κ1) is 12.1. The van der Waals surface area contributed by atoms with Gasteiger partial charge < -0.3 is 11.1 Å². The highest BCUT2D eigenvalue weighted by molar-refractivity contribution is 8.14. The zero-order valence-corrected chi connectivity index (χ0v) is 7.26. The zero-order chi connectivity index (χ0) is 10.5. The van der Waals surface area contributed by atoms with Crippen LogP contribution in [-0.4, -0.2) is 29.5 Å². The Morgan fingerprint density at radius 1 is 1.54 bits per heavy atom. The summed E-state index contributed by atoms with van der Waals surface area (Å²) in [5, 5.41) is 8.02. The van der Waals surface area contributed by atoms with E-state index < -0.39 is 18.6 Å². The van der Waals surface area contributed by atoms with Gasteiger partial charge in [-0.1, -0.05) is 11.8 Å². The molecule has 8 heteroatoms. The fourth-order valence-electron chi connectivity index (χ4n) is 0.393. The summed E-state index contributed by atoms with van der Waals surface area (Å²) in [7, 11) is 0. The Bertz CT molecular complexity index is 206. The second kappa shape index (κ2) is 4.95. The van der Waals surface area contributed by atoms with Crippen LogP contribution in [0.15, 0.2) is 0 Å². The second-order valence-corrected chi connectivity index (χ2v) is 3.06. The molecule has 0 aromatic heterocycles. The minimum absolute atomic E-state index is 0.272. The van der Waals surface area contributed by atoms with Crippen molar-refractivity contribution in [3.05, 3.63) is 0 Å². The molecule has 0 spiro atoms. The van der Waals surface area contributed by atoms with Gasteiger partial charge in [-0.25, -0.2) is 0 Å². The van der Waals surface area contributed by atoms with Crippen LogP contribution in [0.5, 0.6) is 0 Å². The highest BCUT2D eigenvalue weighted by Gasteiger charge is 2.27. The molecule has 4 N–H and O–H groups in total. The van der Waals surface area contributed by atoms with Crippen molar-refractivity contribution >= 4 is 22.8 Å². The quantitative estimate of drug-likeness (QED) is 0.467. The lowest BCUT2D eigenvalue weighted by molar-refractivity contribution is -0.136. The van der Waals surface area contributed by atoms with Gasteiger partial charge in [-0.3, -0.25) is 10.2 Å². The topological polar surface area (TPSA) is 79.0 Å². The average molecular weight is 215 g/mol. The number of hydrogen-bond acceptors (Lipinski definition) is 3. The molecule has 0 saturated carbocycles. The Hall–Kier alpha value is -0.920. The van der Waals surface area contributed by atoms with E-state index in [1.54, 1.807) is 5.32 Å². The normalized spacial score (nSPS) is 11.0. The number of amidine groups is 1. The number of carbonyl (C=O) groups excluding carboxylic acids is 1. The van der Waals surface area contributed by atoms with Crippen molar-refractivity contribution in [3.63, 3.8) is 0 Å². The van der Waals surface area contributed by atoms with E-state index in [2.05, 4.69) is 0 Å². The molecule has 0 bridgehead atoms. The van der Waals surface area contributed by atoms with Crippen LogP contribution in [0.4, 0.5) is 13.2 Å². The summed E-state index contributed by atoms with van der Waals surface area (Å²) in [5.41, 5.74) is 4.87. The van der Waals surface area contributed by atoms with Gasteiger partial charge in [0.15, 0.2) is 5.17 Å². The fourth-order valence-corrected chi connectivity index (χ4v) is 0.782. The second-order valence-electron chi connectivity index (χ2n) is 2.04. The Morgan fingerprint density at radius 2 is 2.08 bits per heavy atom. The number of nitrogens with two attached hydrogens (primary N) is 1. The maximum atomic E-state index is 11.5. The SMILES string of the molecule is N=C(N)SCC(=O)NCC(F)(F)F. The highest BCUT2D eigenvalue weighted by Crippen LogP contribution is 2.12. The van der Waals surface area contributed by atoms with Gasteiger partial charge in [-0.05, 0) is 0 Å². The maximum absolute atomic E-state index is 11.5. The lowest BCUT2D eigenvalue weighted by Crippen LogP contribution is -2.35. The van der Waals surface area contributed by atoms with Gasteiger partial charge in [-0.15, -0.1) is 0 Å². The third-order valence-corrected chi connectivity index (χ3v) is 1.56. The summed E-state index contributed by atoms with van der Waals surface area (Å²) >= 11 is 0.672. The van der Waals surface area contributed by atoms with Crippen LogP contribution in [0.25, 0.3) is 0 Å². The minimum atomic E-state index is -4.41. The number of rotatable bonds is 3. The smallest absolute Gasteiger partial charge is 0.379 e. The molecule has 0 rings (SSSR count). The molecule has 0 aromatic rings. The van der Waals surface area contributed by atoms with Crippen LogP contribution >= 0.6 is 11.8 Å². The molecule has 13 heavy (non-hydrogen) atoms. The molecule has 0 aliphatic rings. The van der Waals surface area contributed by atoms with Gasteiger partial charge in [0.05, 0.1) is 5.75 Å². The molecule has 0 aliphatic heterocycles. The standard InChI is InChI=1S/C5H8F3N3OS/c6-5(7,8)2-11-3(12)1-13-4(9)10/h1-2H2,(H3,9,10)(H,11,12). The molecule has 0 heterocycles. The number of halogens is 3. The van der Waals surface area contributed by atoms with Crippen LogP contribution < -0.4 is 11.1 Å². The summed E-state index contributed by atoms with van der Waals surface area (Å²) in [6, 6.07) is 0. The molecule has 0 saturated heterocycles. The van der Waals surface area contributed by atoms with E-state index >= 15 is 0 Å². The van der Waals surface area contributed by atoms with Crippen LogP contribution in [-0.2, 0) is 4.79 Å². The lowest BCUT2D eigenvalue weighted by Gasteiger charge is -2.07. The monoisotopic (exact) mass is 215 g/mol. The van der Waals surface area contributed by atoms with Gasteiger partial charge >= 0.3 is 6.18 Å². The number of carbonyl (C=O) groups is 1. The molecule has 0 fully saturated rings. The van der Waals surface area contributed by atoms with Crippen LogP contribution in [0.1, 0.15) is 0 Å². The van der Waals surface area contributed by atoms with E-state index in [0.29, 0.717) is 11.8 Å². The molecule has 4 nitrogen and oxygen atoms in total. The first-order valence-corrected chi connectivity index (χ1v) is 4.10. The van der Waals surface area contributed by atoms with E-state index in [4.69, 9.17) is 11.1 Å². The molecular weight excluding hydrogens is 207 g/mol. The number of nitrogens with one attached hydrogen (secondary N) is 2. The van der Waals surface area contributed by atoms with Crippen LogP contribution in [0, 0.1) is 5.41 Å². The average Bonchev–Trinajstić information content (AvgIpc) is 1.95. The van der Waals surface area contributed by atoms with Crippen molar-refractivity contribution in [3.8, 4) is 0 Å². The van der Waals surface area contributed by atoms with Crippen molar-refractivity contribution in [2.75, 3.05) is 12.3 Å². The van der Waals surface area contributed by atoms with Crippen molar-refractivity contribution in [1.29, 1.82) is 5.41 Å². The van der Waals surface area contributed by atoms with Crippen molar-refractivity contribution in [2.45, 2.75) is 6.18 Å². The summed E-state index contributed by atoms with van der Waals surface area (Å²) in [6.07, 6.45) is -4.41. The first-order chi connectivity index (χ1) is 5.81. The molecule has 0 aromatic carbocycles. The van der Waals surface area contributed by atoms with Crippen molar-refractivity contribution in [1.82, 2.24) is 5.32 Å². The van der Waals surface area contributed by atoms with Crippen LogP contribution in [0.2, 0.25) is 0 Å². The summed E-state index contributed by atoms with van der Waals surface area (Å²) in [6.45, 7) is -1.36. The predicted molar refractivity (Wildman–Crippen MR) is 43.4 cm³/mol. The molecule has 0 atom stereocenters. The van der Waals surface area contributed by atoms with E-state index in [1.807, 2.05) is 0 Å². The van der Waals surface area contributed by atoms with Gasteiger partial charge in [-0.2, -0.15) is 13.2 Å². The largest absolute Gasteiger partial charge is 0.405 e. The number of hydrogen-bond donors (Lipinski definition) is 3. The molecule has 0 unspecified atom stereocenters. The third-order valence-electron chi connectivity index (χ3n) is 0.845. The third kappa shape index (κ3) is 8.99.